The van der Waals surface area contributed by atoms with Crippen molar-refractivity contribution >= 4 is 5.91 Å². The predicted octanol–water partition coefficient (Wildman–Crippen LogP) is 2.70. The van der Waals surface area contributed by atoms with Gasteiger partial charge in [-0.1, -0.05) is 43.7 Å². The van der Waals surface area contributed by atoms with Gasteiger partial charge in [-0.05, 0) is 30.7 Å². The maximum absolute atomic E-state index is 12.5. The van der Waals surface area contributed by atoms with Gasteiger partial charge in [-0.2, -0.15) is 0 Å². The van der Waals surface area contributed by atoms with Gasteiger partial charge in [-0.25, -0.2) is 0 Å². The van der Waals surface area contributed by atoms with Crippen LogP contribution in [0, 0.1) is 5.92 Å². The zero-order chi connectivity index (χ0) is 13.2. The Bertz CT molecular complexity index is 441. The van der Waals surface area contributed by atoms with Crippen molar-refractivity contribution in [3.05, 3.63) is 35.9 Å². The molecule has 2 unspecified atom stereocenters. The quantitative estimate of drug-likeness (QED) is 0.900. The fourth-order valence-electron chi connectivity index (χ4n) is 3.03. The summed E-state index contributed by atoms with van der Waals surface area (Å²) in [6.45, 7) is 2.99. The molecule has 1 amide bonds. The summed E-state index contributed by atoms with van der Waals surface area (Å²) in [6.07, 6.45) is 4.82. The molecule has 19 heavy (non-hydrogen) atoms. The summed E-state index contributed by atoms with van der Waals surface area (Å²) in [4.78, 5) is 14.5. The molecule has 2 fully saturated rings. The van der Waals surface area contributed by atoms with Crippen LogP contribution in [0.2, 0.25) is 0 Å². The molecule has 1 aliphatic heterocycles. The molecule has 1 heterocycles. The molecule has 3 heteroatoms. The van der Waals surface area contributed by atoms with E-state index in [9.17, 15) is 4.79 Å². The van der Waals surface area contributed by atoms with Crippen molar-refractivity contribution in [3.63, 3.8) is 0 Å². The number of nitrogens with one attached hydrogen (secondary N) is 1. The zero-order valence-corrected chi connectivity index (χ0v) is 11.5. The van der Waals surface area contributed by atoms with E-state index >= 15 is 0 Å². The van der Waals surface area contributed by atoms with Gasteiger partial charge in [-0.3, -0.25) is 10.1 Å². The Kier molecular flexibility index (Phi) is 3.56. The van der Waals surface area contributed by atoms with Crippen LogP contribution < -0.4 is 5.32 Å². The van der Waals surface area contributed by atoms with Crippen LogP contribution in [-0.2, 0) is 4.79 Å². The van der Waals surface area contributed by atoms with Gasteiger partial charge in [0, 0.05) is 6.54 Å². The first kappa shape index (κ1) is 12.7. The van der Waals surface area contributed by atoms with Crippen molar-refractivity contribution in [2.45, 2.75) is 44.8 Å². The van der Waals surface area contributed by atoms with Gasteiger partial charge in [0.05, 0.1) is 6.04 Å². The van der Waals surface area contributed by atoms with Gasteiger partial charge in [0.15, 0.2) is 0 Å². The van der Waals surface area contributed by atoms with E-state index in [1.54, 1.807) is 0 Å². The molecule has 3 rings (SSSR count). The molecule has 2 atom stereocenters. The minimum absolute atomic E-state index is 0.00900. The third-order valence-corrected chi connectivity index (χ3v) is 4.46. The second-order valence-corrected chi connectivity index (χ2v) is 5.73. The number of carbonyl (C=O) groups is 1. The highest BCUT2D eigenvalue weighted by Gasteiger charge is 2.39. The molecule has 1 N–H and O–H groups in total. The van der Waals surface area contributed by atoms with Crippen molar-refractivity contribution < 1.29 is 4.79 Å². The number of amides is 1. The molecule has 1 aliphatic carbocycles. The predicted molar refractivity (Wildman–Crippen MR) is 75.5 cm³/mol. The normalized spacial score (nSPS) is 27.6. The lowest BCUT2D eigenvalue weighted by molar-refractivity contribution is -0.131. The maximum Gasteiger partial charge on any atom is 0.241 e. The standard InChI is InChI=1S/C16H22N2O/c1-2-14-16(19)18(11-12-7-6-8-12)15(17-14)13-9-4-3-5-10-13/h3-5,9-10,12,14-15,17H,2,6-8,11H2,1H3. The van der Waals surface area contributed by atoms with Crippen molar-refractivity contribution in [1.82, 2.24) is 10.2 Å². The number of benzene rings is 1. The van der Waals surface area contributed by atoms with Gasteiger partial charge in [0.25, 0.3) is 0 Å². The van der Waals surface area contributed by atoms with Crippen molar-refractivity contribution in [3.8, 4) is 0 Å². The Morgan fingerprint density at radius 3 is 2.58 bits per heavy atom. The maximum atomic E-state index is 12.5. The van der Waals surface area contributed by atoms with Crippen LogP contribution in [0.5, 0.6) is 0 Å². The number of hydrogen-bond acceptors (Lipinski definition) is 2. The fraction of sp³-hybridized carbons (Fsp3) is 0.562. The molecule has 1 aromatic carbocycles. The van der Waals surface area contributed by atoms with E-state index in [0.717, 1.165) is 13.0 Å². The summed E-state index contributed by atoms with van der Waals surface area (Å²) in [5.74, 6) is 0.996. The molecule has 1 saturated carbocycles. The lowest BCUT2D eigenvalue weighted by Gasteiger charge is -2.33. The lowest BCUT2D eigenvalue weighted by Crippen LogP contribution is -2.37. The third-order valence-electron chi connectivity index (χ3n) is 4.46. The first-order chi connectivity index (χ1) is 9.29. The smallest absolute Gasteiger partial charge is 0.241 e. The summed E-state index contributed by atoms with van der Waals surface area (Å²) >= 11 is 0. The molecule has 0 aromatic heterocycles. The lowest BCUT2D eigenvalue weighted by atomic mass is 9.85. The van der Waals surface area contributed by atoms with Gasteiger partial charge in [0.2, 0.25) is 5.91 Å². The Balaban J connectivity index is 1.81. The van der Waals surface area contributed by atoms with Crippen LogP contribution in [-0.4, -0.2) is 23.4 Å². The summed E-state index contributed by atoms with van der Waals surface area (Å²) in [7, 11) is 0. The first-order valence-electron chi connectivity index (χ1n) is 7.41. The molecule has 1 saturated heterocycles. The first-order valence-corrected chi connectivity index (χ1v) is 7.41. The molecule has 2 aliphatic rings. The molecule has 0 radical (unpaired) electrons. The average Bonchev–Trinajstić information content (AvgIpc) is 2.72. The van der Waals surface area contributed by atoms with Crippen LogP contribution >= 0.6 is 0 Å². The van der Waals surface area contributed by atoms with Gasteiger partial charge in [0.1, 0.15) is 6.17 Å². The zero-order valence-electron chi connectivity index (χ0n) is 11.5. The second-order valence-electron chi connectivity index (χ2n) is 5.73. The van der Waals surface area contributed by atoms with E-state index in [-0.39, 0.29) is 18.1 Å². The van der Waals surface area contributed by atoms with E-state index in [0.29, 0.717) is 5.92 Å². The van der Waals surface area contributed by atoms with E-state index in [4.69, 9.17) is 0 Å². The van der Waals surface area contributed by atoms with E-state index in [1.807, 2.05) is 18.2 Å². The second kappa shape index (κ2) is 5.33. The topological polar surface area (TPSA) is 32.3 Å². The Hall–Kier alpha value is -1.35. The minimum Gasteiger partial charge on any atom is -0.321 e. The van der Waals surface area contributed by atoms with Gasteiger partial charge < -0.3 is 4.90 Å². The summed E-state index contributed by atoms with van der Waals surface area (Å²) < 4.78 is 0. The minimum atomic E-state index is -0.00900. The summed E-state index contributed by atoms with van der Waals surface area (Å²) in [6, 6.07) is 10.3. The highest BCUT2D eigenvalue weighted by Crippen LogP contribution is 2.33. The van der Waals surface area contributed by atoms with E-state index < -0.39 is 0 Å². The Labute approximate surface area is 115 Å². The number of rotatable bonds is 4. The molecular weight excluding hydrogens is 236 g/mol. The monoisotopic (exact) mass is 258 g/mol. The van der Waals surface area contributed by atoms with Crippen LogP contribution in [0.1, 0.15) is 44.3 Å². The largest absolute Gasteiger partial charge is 0.321 e. The molecule has 0 bridgehead atoms. The SMILES string of the molecule is CCC1NC(c2ccccc2)N(CC2CCC2)C1=O. The molecule has 0 spiro atoms. The number of nitrogens with zero attached hydrogens (tertiary/aromatic N) is 1. The fourth-order valence-corrected chi connectivity index (χ4v) is 3.03. The highest BCUT2D eigenvalue weighted by atomic mass is 16.2. The molecule has 1 aromatic rings. The molecule has 102 valence electrons. The molecular formula is C16H22N2O. The van der Waals surface area contributed by atoms with E-state index in [1.165, 1.54) is 24.8 Å². The highest BCUT2D eigenvalue weighted by molar-refractivity contribution is 5.84. The van der Waals surface area contributed by atoms with Gasteiger partial charge in [-0.15, -0.1) is 0 Å². The summed E-state index contributed by atoms with van der Waals surface area (Å²) in [5.41, 5.74) is 1.20. The Morgan fingerprint density at radius 2 is 2.00 bits per heavy atom. The van der Waals surface area contributed by atoms with Gasteiger partial charge >= 0.3 is 0 Å². The molecule has 3 nitrogen and oxygen atoms in total. The number of hydrogen-bond donors (Lipinski definition) is 1. The van der Waals surface area contributed by atoms with Crippen LogP contribution in [0.25, 0.3) is 0 Å². The number of carbonyl (C=O) groups excluding carboxylic acids is 1. The van der Waals surface area contributed by atoms with Crippen molar-refractivity contribution in [2.24, 2.45) is 5.92 Å². The van der Waals surface area contributed by atoms with Crippen molar-refractivity contribution in [1.29, 1.82) is 0 Å². The third kappa shape index (κ3) is 2.39. The Morgan fingerprint density at radius 1 is 1.26 bits per heavy atom. The van der Waals surface area contributed by atoms with Crippen LogP contribution in [0.15, 0.2) is 30.3 Å². The van der Waals surface area contributed by atoms with E-state index in [2.05, 4.69) is 29.3 Å². The average molecular weight is 258 g/mol. The van der Waals surface area contributed by atoms with Crippen LogP contribution in [0.3, 0.4) is 0 Å². The van der Waals surface area contributed by atoms with Crippen LogP contribution in [0.4, 0.5) is 0 Å². The van der Waals surface area contributed by atoms with Crippen molar-refractivity contribution in [2.75, 3.05) is 6.54 Å². The summed E-state index contributed by atoms with van der Waals surface area (Å²) in [5, 5.41) is 3.49.